The van der Waals surface area contributed by atoms with Crippen LogP contribution >= 0.6 is 11.3 Å². The summed E-state index contributed by atoms with van der Waals surface area (Å²) in [6.45, 7) is 0. The number of carboxylic acids is 1. The summed E-state index contributed by atoms with van der Waals surface area (Å²) in [4.78, 5) is 9.53. The number of hydrogen-bond donors (Lipinski definition) is 1. The lowest BCUT2D eigenvalue weighted by atomic mass is 10.3. The molecule has 66 valence electrons. The van der Waals surface area contributed by atoms with Crippen molar-refractivity contribution >= 4 is 27.5 Å². The maximum absolute atomic E-state index is 12.3. The molecule has 0 fully saturated rings. The third kappa shape index (κ3) is 1.62. The molecule has 0 aliphatic carbocycles. The fourth-order valence-corrected chi connectivity index (χ4v) is 2.42. The second-order valence-corrected chi connectivity index (χ2v) is 3.95. The Hall–Kier alpha value is -0.950. The minimum Gasteiger partial charge on any atom is -0.478 e. The van der Waals surface area contributed by atoms with Gasteiger partial charge in [-0.05, 0) is 0 Å². The molecular formula is C5H3FO4S2. The van der Waals surface area contributed by atoms with Gasteiger partial charge in [0.1, 0.15) is 4.90 Å². The van der Waals surface area contributed by atoms with Gasteiger partial charge in [0, 0.05) is 10.8 Å². The van der Waals surface area contributed by atoms with Crippen molar-refractivity contribution in [3.8, 4) is 0 Å². The van der Waals surface area contributed by atoms with E-state index in [2.05, 4.69) is 0 Å². The van der Waals surface area contributed by atoms with Crippen molar-refractivity contribution in [3.05, 3.63) is 16.3 Å². The maximum atomic E-state index is 12.3. The highest BCUT2D eigenvalue weighted by atomic mass is 32.3. The van der Waals surface area contributed by atoms with Gasteiger partial charge in [-0.15, -0.1) is 3.89 Å². The van der Waals surface area contributed by atoms with Crippen LogP contribution in [0.25, 0.3) is 0 Å². The summed E-state index contributed by atoms with van der Waals surface area (Å²) in [5.74, 6) is -1.45. The molecule has 1 N–H and O–H groups in total. The van der Waals surface area contributed by atoms with Crippen molar-refractivity contribution in [2.45, 2.75) is 4.90 Å². The normalized spacial score (nSPS) is 11.4. The Balaban J connectivity index is 3.36. The molecule has 0 radical (unpaired) electrons. The Morgan fingerprint density at radius 1 is 1.50 bits per heavy atom. The minimum absolute atomic E-state index is 0.525. The van der Waals surface area contributed by atoms with Crippen molar-refractivity contribution in [2.75, 3.05) is 0 Å². The quantitative estimate of drug-likeness (QED) is 0.742. The SMILES string of the molecule is O=C(O)c1cscc1S(=O)(=O)F. The molecule has 0 atom stereocenters. The first kappa shape index (κ1) is 9.14. The van der Waals surface area contributed by atoms with Gasteiger partial charge in [-0.25, -0.2) is 4.79 Å². The van der Waals surface area contributed by atoms with E-state index in [4.69, 9.17) is 5.11 Å². The van der Waals surface area contributed by atoms with Crippen LogP contribution in [0.4, 0.5) is 3.89 Å². The van der Waals surface area contributed by atoms with E-state index >= 15 is 0 Å². The number of carboxylic acid groups (broad SMARTS) is 1. The summed E-state index contributed by atoms with van der Waals surface area (Å²) in [7, 11) is -4.91. The van der Waals surface area contributed by atoms with E-state index in [1.54, 1.807) is 0 Å². The number of hydrogen-bond acceptors (Lipinski definition) is 4. The number of carbonyl (C=O) groups is 1. The van der Waals surface area contributed by atoms with Gasteiger partial charge >= 0.3 is 16.2 Å². The summed E-state index contributed by atoms with van der Waals surface area (Å²) in [6, 6.07) is 0. The van der Waals surface area contributed by atoms with E-state index in [1.807, 2.05) is 0 Å². The van der Waals surface area contributed by atoms with Crippen LogP contribution in [0.5, 0.6) is 0 Å². The minimum atomic E-state index is -4.91. The smallest absolute Gasteiger partial charge is 0.337 e. The molecule has 0 aliphatic rings. The lowest BCUT2D eigenvalue weighted by molar-refractivity contribution is 0.0693. The van der Waals surface area contributed by atoms with Crippen LogP contribution in [0, 0.1) is 0 Å². The average Bonchev–Trinajstić information content (AvgIpc) is 2.30. The monoisotopic (exact) mass is 210 g/mol. The molecule has 0 bridgehead atoms. The van der Waals surface area contributed by atoms with Crippen LogP contribution < -0.4 is 0 Å². The molecule has 0 aromatic carbocycles. The van der Waals surface area contributed by atoms with E-state index in [9.17, 15) is 17.1 Å². The average molecular weight is 210 g/mol. The zero-order chi connectivity index (χ0) is 9.35. The predicted molar refractivity (Wildman–Crippen MR) is 39.6 cm³/mol. The first-order chi connectivity index (χ1) is 5.43. The van der Waals surface area contributed by atoms with Crippen molar-refractivity contribution in [3.63, 3.8) is 0 Å². The Kier molecular flexibility index (Phi) is 2.16. The molecule has 0 aliphatic heterocycles. The fourth-order valence-electron chi connectivity index (χ4n) is 0.630. The molecular weight excluding hydrogens is 207 g/mol. The molecule has 0 spiro atoms. The van der Waals surface area contributed by atoms with Gasteiger partial charge in [0.25, 0.3) is 0 Å². The third-order valence-corrected chi connectivity index (χ3v) is 2.88. The highest BCUT2D eigenvalue weighted by Crippen LogP contribution is 2.22. The topological polar surface area (TPSA) is 71.4 Å². The third-order valence-electron chi connectivity index (χ3n) is 1.12. The van der Waals surface area contributed by atoms with E-state index in [0.29, 0.717) is 0 Å². The Morgan fingerprint density at radius 2 is 2.08 bits per heavy atom. The van der Waals surface area contributed by atoms with E-state index in [0.717, 1.165) is 22.1 Å². The van der Waals surface area contributed by atoms with Crippen LogP contribution in [-0.4, -0.2) is 19.5 Å². The molecule has 0 saturated heterocycles. The van der Waals surface area contributed by atoms with Gasteiger partial charge in [-0.2, -0.15) is 19.8 Å². The second-order valence-electron chi connectivity index (χ2n) is 1.89. The number of thiophene rings is 1. The van der Waals surface area contributed by atoms with Gasteiger partial charge < -0.3 is 5.11 Å². The molecule has 7 heteroatoms. The Morgan fingerprint density at radius 3 is 2.42 bits per heavy atom. The standard InChI is InChI=1S/C5H3FO4S2/c6-12(9,10)4-2-11-1-3(4)5(7)8/h1-2H,(H,7,8). The lowest BCUT2D eigenvalue weighted by Gasteiger charge is -1.91. The van der Waals surface area contributed by atoms with Crippen molar-refractivity contribution in [2.24, 2.45) is 0 Å². The molecule has 1 aromatic heterocycles. The molecule has 0 saturated carbocycles. The van der Waals surface area contributed by atoms with Crippen LogP contribution in [0.15, 0.2) is 15.7 Å². The summed E-state index contributed by atoms with van der Waals surface area (Å²) >= 11 is 0.821. The molecule has 0 unspecified atom stereocenters. The second kappa shape index (κ2) is 2.83. The molecule has 12 heavy (non-hydrogen) atoms. The van der Waals surface area contributed by atoms with E-state index in [1.165, 1.54) is 0 Å². The zero-order valence-electron chi connectivity index (χ0n) is 5.52. The summed E-state index contributed by atoms with van der Waals surface area (Å²) < 4.78 is 32.9. The zero-order valence-corrected chi connectivity index (χ0v) is 7.15. The van der Waals surface area contributed by atoms with Gasteiger partial charge in [0.15, 0.2) is 0 Å². The number of aromatic carboxylic acids is 1. The van der Waals surface area contributed by atoms with Crippen LogP contribution in [0.2, 0.25) is 0 Å². The molecule has 0 amide bonds. The lowest BCUT2D eigenvalue weighted by Crippen LogP contribution is -2.01. The molecule has 4 nitrogen and oxygen atoms in total. The van der Waals surface area contributed by atoms with Crippen LogP contribution in [0.1, 0.15) is 10.4 Å². The van der Waals surface area contributed by atoms with E-state index in [-0.39, 0.29) is 0 Å². The fraction of sp³-hybridized carbons (Fsp3) is 0. The van der Waals surface area contributed by atoms with E-state index < -0.39 is 26.7 Å². The highest BCUT2D eigenvalue weighted by molar-refractivity contribution is 7.86. The Labute approximate surface area is 71.5 Å². The van der Waals surface area contributed by atoms with Gasteiger partial charge in [0.05, 0.1) is 5.56 Å². The predicted octanol–water partition coefficient (Wildman–Crippen LogP) is 1.10. The van der Waals surface area contributed by atoms with Gasteiger partial charge in [-0.1, -0.05) is 0 Å². The van der Waals surface area contributed by atoms with Crippen molar-refractivity contribution in [1.29, 1.82) is 0 Å². The number of rotatable bonds is 2. The highest BCUT2D eigenvalue weighted by Gasteiger charge is 2.22. The van der Waals surface area contributed by atoms with Gasteiger partial charge in [-0.3, -0.25) is 0 Å². The first-order valence-electron chi connectivity index (χ1n) is 2.67. The largest absolute Gasteiger partial charge is 0.478 e. The van der Waals surface area contributed by atoms with Gasteiger partial charge in [0.2, 0.25) is 0 Å². The summed E-state index contributed by atoms with van der Waals surface area (Å²) in [5, 5.41) is 10.4. The van der Waals surface area contributed by atoms with Crippen LogP contribution in [-0.2, 0) is 10.2 Å². The summed E-state index contributed by atoms with van der Waals surface area (Å²) in [6.07, 6.45) is 0. The molecule has 1 rings (SSSR count). The number of halogens is 1. The molecule has 1 heterocycles. The molecule has 1 aromatic rings. The maximum Gasteiger partial charge on any atom is 0.337 e. The van der Waals surface area contributed by atoms with Crippen LogP contribution in [0.3, 0.4) is 0 Å². The summed E-state index contributed by atoms with van der Waals surface area (Å²) in [5.41, 5.74) is -0.525. The Bertz CT molecular complexity index is 405. The van der Waals surface area contributed by atoms with Crippen molar-refractivity contribution in [1.82, 2.24) is 0 Å². The van der Waals surface area contributed by atoms with Crippen molar-refractivity contribution < 1.29 is 22.2 Å². The first-order valence-corrected chi connectivity index (χ1v) is 4.99.